The molecule has 0 aromatic rings. The van der Waals surface area contributed by atoms with Crippen LogP contribution < -0.4 is 4.72 Å². The Morgan fingerprint density at radius 3 is 1.62 bits per heavy atom. The van der Waals surface area contributed by atoms with Gasteiger partial charge in [0.05, 0.1) is 4.75 Å². The molecule has 0 aliphatic heterocycles. The van der Waals surface area contributed by atoms with E-state index in [1.54, 1.807) is 0 Å². The van der Waals surface area contributed by atoms with Crippen LogP contribution in [-0.4, -0.2) is 37.4 Å². The second-order valence-corrected chi connectivity index (χ2v) is 9.75. The molecule has 0 saturated heterocycles. The van der Waals surface area contributed by atoms with E-state index in [0.29, 0.717) is 0 Å². The van der Waals surface area contributed by atoms with Gasteiger partial charge in [-0.1, -0.05) is 0 Å². The number of hydrogen-bond donors (Lipinski definition) is 2. The third-order valence-corrected chi connectivity index (χ3v) is 5.87. The zero-order valence-corrected chi connectivity index (χ0v) is 11.7. The molecule has 0 unspecified atom stereocenters. The summed E-state index contributed by atoms with van der Waals surface area (Å²) in [6.45, 7) is 6.60. The predicted octanol–water partition coefficient (Wildman–Crippen LogP) is 0.371. The van der Waals surface area contributed by atoms with Crippen LogP contribution in [0.15, 0.2) is 0 Å². The van der Waals surface area contributed by atoms with Gasteiger partial charge in [-0.25, -0.2) is 13.1 Å². The van der Waals surface area contributed by atoms with Gasteiger partial charge in [-0.15, -0.1) is 0 Å². The quantitative estimate of drug-likeness (QED) is 0.721. The van der Waals surface area contributed by atoms with E-state index < -0.39 is 29.6 Å². The lowest BCUT2D eigenvalue weighted by Crippen LogP contribution is -2.48. The molecule has 0 heterocycles. The van der Waals surface area contributed by atoms with Crippen LogP contribution in [0.4, 0.5) is 0 Å². The topological polar surface area (TPSA) is 101 Å². The monoisotopic (exact) mass is 273 g/mol. The molecular formula is C8H19NO5S2. The lowest BCUT2D eigenvalue weighted by atomic mass is 10.2. The molecule has 0 atom stereocenters. The third kappa shape index (κ3) is 3.69. The zero-order chi connectivity index (χ0) is 13.4. The van der Waals surface area contributed by atoms with E-state index in [1.165, 1.54) is 34.6 Å². The van der Waals surface area contributed by atoms with Crippen molar-refractivity contribution in [1.82, 2.24) is 4.72 Å². The van der Waals surface area contributed by atoms with Crippen molar-refractivity contribution >= 4 is 20.1 Å². The van der Waals surface area contributed by atoms with Crippen molar-refractivity contribution in [2.45, 2.75) is 44.1 Å². The van der Waals surface area contributed by atoms with Gasteiger partial charge in [0.15, 0.2) is 0 Å². The third-order valence-electron chi connectivity index (χ3n) is 2.19. The number of rotatable bonds is 4. The van der Waals surface area contributed by atoms with Gasteiger partial charge in [0, 0.05) is 6.54 Å². The van der Waals surface area contributed by atoms with E-state index >= 15 is 0 Å². The second kappa shape index (κ2) is 4.25. The molecule has 0 aromatic heterocycles. The number of hydrogen-bond acceptors (Lipinski definition) is 4. The van der Waals surface area contributed by atoms with Crippen LogP contribution in [0.2, 0.25) is 0 Å². The Hall–Kier alpha value is -0.180. The van der Waals surface area contributed by atoms with Gasteiger partial charge in [-0.3, -0.25) is 4.55 Å². The lowest BCUT2D eigenvalue weighted by molar-refractivity contribution is 0.438. The fourth-order valence-electron chi connectivity index (χ4n) is 0.577. The van der Waals surface area contributed by atoms with Crippen LogP contribution in [0, 0.1) is 0 Å². The van der Waals surface area contributed by atoms with Gasteiger partial charge in [-0.05, 0) is 34.6 Å². The SMILES string of the molecule is CC(C)(CNS(=O)(=O)C(C)(C)C)S(=O)(=O)O. The highest BCUT2D eigenvalue weighted by Gasteiger charge is 2.36. The summed E-state index contributed by atoms with van der Waals surface area (Å²) in [5.41, 5.74) is 0. The standard InChI is InChI=1S/C8H19NO5S2/c1-7(2,3)15(10,11)9-6-8(4,5)16(12,13)14/h9H,6H2,1-5H3,(H,12,13,14). The maximum Gasteiger partial charge on any atom is 0.271 e. The summed E-state index contributed by atoms with van der Waals surface area (Å²) in [4.78, 5) is 0. The first-order valence-corrected chi connectivity index (χ1v) is 7.59. The largest absolute Gasteiger partial charge is 0.285 e. The smallest absolute Gasteiger partial charge is 0.271 e. The molecule has 6 nitrogen and oxygen atoms in total. The van der Waals surface area contributed by atoms with E-state index in [1.807, 2.05) is 0 Å². The maximum absolute atomic E-state index is 11.6. The van der Waals surface area contributed by atoms with Gasteiger partial charge >= 0.3 is 0 Å². The summed E-state index contributed by atoms with van der Waals surface area (Å²) in [6, 6.07) is 0. The van der Waals surface area contributed by atoms with Gasteiger partial charge in [0.1, 0.15) is 4.75 Å². The first kappa shape index (κ1) is 15.8. The van der Waals surface area contributed by atoms with E-state index in [2.05, 4.69) is 4.72 Å². The van der Waals surface area contributed by atoms with Gasteiger partial charge in [0.25, 0.3) is 10.1 Å². The number of sulfonamides is 1. The Morgan fingerprint density at radius 1 is 1.00 bits per heavy atom. The van der Waals surface area contributed by atoms with Crippen LogP contribution in [0.1, 0.15) is 34.6 Å². The highest BCUT2D eigenvalue weighted by Crippen LogP contribution is 2.17. The Balaban J connectivity index is 4.87. The minimum atomic E-state index is -4.30. The molecule has 0 aliphatic carbocycles. The predicted molar refractivity (Wildman–Crippen MR) is 62.3 cm³/mol. The van der Waals surface area contributed by atoms with E-state index in [9.17, 15) is 16.8 Å². The van der Waals surface area contributed by atoms with Crippen LogP contribution in [0.5, 0.6) is 0 Å². The normalized spacial score (nSPS) is 15.1. The van der Waals surface area contributed by atoms with Gasteiger partial charge in [-0.2, -0.15) is 8.42 Å². The Morgan fingerprint density at radius 2 is 1.38 bits per heavy atom. The Bertz CT molecular complexity index is 441. The summed E-state index contributed by atoms with van der Waals surface area (Å²) in [5.74, 6) is 0. The van der Waals surface area contributed by atoms with Crippen molar-refractivity contribution in [1.29, 1.82) is 0 Å². The molecule has 0 radical (unpaired) electrons. The van der Waals surface area contributed by atoms with E-state index in [-0.39, 0.29) is 6.54 Å². The van der Waals surface area contributed by atoms with Crippen molar-refractivity contribution in [3.05, 3.63) is 0 Å². The van der Waals surface area contributed by atoms with Gasteiger partial charge in [0.2, 0.25) is 10.0 Å². The minimum absolute atomic E-state index is 0.370. The summed E-state index contributed by atoms with van der Waals surface area (Å²) >= 11 is 0. The zero-order valence-electron chi connectivity index (χ0n) is 10.1. The molecule has 0 aromatic carbocycles. The molecule has 0 amide bonds. The maximum atomic E-state index is 11.6. The van der Waals surface area contributed by atoms with Crippen molar-refractivity contribution in [2.24, 2.45) is 0 Å². The van der Waals surface area contributed by atoms with E-state index in [4.69, 9.17) is 4.55 Å². The van der Waals surface area contributed by atoms with Crippen LogP contribution >= 0.6 is 0 Å². The molecule has 8 heteroatoms. The van der Waals surface area contributed by atoms with Gasteiger partial charge < -0.3 is 0 Å². The first-order valence-electron chi connectivity index (χ1n) is 4.67. The minimum Gasteiger partial charge on any atom is -0.285 e. The summed E-state index contributed by atoms with van der Waals surface area (Å²) in [5, 5.41) is 0. The fourth-order valence-corrected chi connectivity index (χ4v) is 1.91. The Kier molecular flexibility index (Phi) is 4.20. The van der Waals surface area contributed by atoms with E-state index in [0.717, 1.165) is 0 Å². The lowest BCUT2D eigenvalue weighted by Gasteiger charge is -2.25. The van der Waals surface area contributed by atoms with Crippen molar-refractivity contribution in [3.8, 4) is 0 Å². The van der Waals surface area contributed by atoms with Crippen LogP contribution in [0.25, 0.3) is 0 Å². The molecular weight excluding hydrogens is 254 g/mol. The van der Waals surface area contributed by atoms with Crippen molar-refractivity contribution in [2.75, 3.05) is 6.54 Å². The molecule has 0 bridgehead atoms. The molecule has 0 aliphatic rings. The van der Waals surface area contributed by atoms with Crippen LogP contribution in [-0.2, 0) is 20.1 Å². The Labute approximate surface area is 97.2 Å². The molecule has 0 spiro atoms. The summed E-state index contributed by atoms with van der Waals surface area (Å²) < 4.78 is 53.6. The average molecular weight is 273 g/mol. The molecule has 2 N–H and O–H groups in total. The summed E-state index contributed by atoms with van der Waals surface area (Å²) in [6.07, 6.45) is 0. The average Bonchev–Trinajstić information content (AvgIpc) is 1.97. The summed E-state index contributed by atoms with van der Waals surface area (Å²) in [7, 11) is -7.91. The second-order valence-electron chi connectivity index (χ2n) is 5.17. The number of nitrogens with one attached hydrogen (secondary N) is 1. The molecule has 98 valence electrons. The first-order chi connectivity index (χ1) is 6.71. The fraction of sp³-hybridized carbons (Fsp3) is 1.00. The highest BCUT2D eigenvalue weighted by atomic mass is 32.2. The van der Waals surface area contributed by atoms with Crippen LogP contribution in [0.3, 0.4) is 0 Å². The molecule has 0 rings (SSSR count). The molecule has 0 saturated carbocycles. The van der Waals surface area contributed by atoms with Crippen molar-refractivity contribution < 1.29 is 21.4 Å². The molecule has 0 fully saturated rings. The highest BCUT2D eigenvalue weighted by molar-refractivity contribution is 7.91. The van der Waals surface area contributed by atoms with Crippen molar-refractivity contribution in [3.63, 3.8) is 0 Å². The molecule has 16 heavy (non-hydrogen) atoms.